The van der Waals surface area contributed by atoms with E-state index in [2.05, 4.69) is 9.97 Å². The van der Waals surface area contributed by atoms with Crippen molar-refractivity contribution < 1.29 is 9.59 Å². The molecule has 0 unspecified atom stereocenters. The minimum atomic E-state index is -0.00268. The van der Waals surface area contributed by atoms with Crippen molar-refractivity contribution in [3.05, 3.63) is 166 Å². The average molecular weight is 575 g/mol. The van der Waals surface area contributed by atoms with Crippen molar-refractivity contribution in [3.8, 4) is 0 Å². The van der Waals surface area contributed by atoms with Crippen molar-refractivity contribution in [2.45, 2.75) is 27.7 Å². The molecule has 4 aromatic carbocycles. The number of aromatic nitrogens is 2. The standard InChI is InChI=1S/2C20H17NO/c2*1-14-17-10-6-7-11-18(17)21-15(2)20(14)19(22)13-12-16-8-4-3-5-9-16/h2*3-13H,1-2H3/b2*13-12+. The Kier molecular flexibility index (Phi) is 9.31. The molecule has 216 valence electrons. The number of fused-ring (bicyclic) bond motifs is 2. The summed E-state index contributed by atoms with van der Waals surface area (Å²) >= 11 is 0. The third-order valence-corrected chi connectivity index (χ3v) is 7.61. The summed E-state index contributed by atoms with van der Waals surface area (Å²) in [6.07, 6.45) is 6.94. The number of carbonyl (C=O) groups is 2. The molecule has 0 atom stereocenters. The number of aryl methyl sites for hydroxylation is 4. The molecule has 2 aromatic heterocycles. The number of hydrogen-bond acceptors (Lipinski definition) is 4. The Hall–Kier alpha value is -5.48. The van der Waals surface area contributed by atoms with Crippen molar-refractivity contribution in [1.82, 2.24) is 9.97 Å². The number of benzene rings is 4. The number of hydrogen-bond donors (Lipinski definition) is 0. The molecule has 0 fully saturated rings. The first kappa shape index (κ1) is 30.0. The van der Waals surface area contributed by atoms with Crippen molar-refractivity contribution in [1.29, 1.82) is 0 Å². The number of pyridine rings is 2. The molecule has 0 saturated heterocycles. The van der Waals surface area contributed by atoms with Gasteiger partial charge in [-0.25, -0.2) is 0 Å². The van der Waals surface area contributed by atoms with Gasteiger partial charge in [0.1, 0.15) is 0 Å². The first-order chi connectivity index (χ1) is 21.3. The van der Waals surface area contributed by atoms with Gasteiger partial charge < -0.3 is 0 Å². The zero-order valence-corrected chi connectivity index (χ0v) is 25.4. The summed E-state index contributed by atoms with van der Waals surface area (Å²) < 4.78 is 0. The average Bonchev–Trinajstić information content (AvgIpc) is 3.04. The molecule has 6 aromatic rings. The third-order valence-electron chi connectivity index (χ3n) is 7.61. The summed E-state index contributed by atoms with van der Waals surface area (Å²) in [6.45, 7) is 7.76. The minimum absolute atomic E-state index is 0.00268. The fraction of sp³-hybridized carbons (Fsp3) is 0.100. The highest BCUT2D eigenvalue weighted by atomic mass is 16.1. The van der Waals surface area contributed by atoms with E-state index in [4.69, 9.17) is 0 Å². The van der Waals surface area contributed by atoms with Crippen LogP contribution in [0.2, 0.25) is 0 Å². The predicted octanol–water partition coefficient (Wildman–Crippen LogP) is 9.50. The minimum Gasteiger partial charge on any atom is -0.289 e. The summed E-state index contributed by atoms with van der Waals surface area (Å²) in [5, 5.41) is 2.06. The Morgan fingerprint density at radius 3 is 1.20 bits per heavy atom. The number of para-hydroxylation sites is 2. The van der Waals surface area contributed by atoms with Gasteiger partial charge in [0.15, 0.2) is 11.6 Å². The van der Waals surface area contributed by atoms with Crippen molar-refractivity contribution in [3.63, 3.8) is 0 Å². The van der Waals surface area contributed by atoms with Gasteiger partial charge in [0, 0.05) is 33.3 Å². The molecule has 0 aliphatic carbocycles. The molecule has 4 heteroatoms. The first-order valence-corrected chi connectivity index (χ1v) is 14.6. The van der Waals surface area contributed by atoms with E-state index in [0.29, 0.717) is 11.1 Å². The van der Waals surface area contributed by atoms with Gasteiger partial charge in [-0.15, -0.1) is 0 Å². The molecular formula is C40H34N2O2. The van der Waals surface area contributed by atoms with Crippen LogP contribution in [0.25, 0.3) is 34.0 Å². The Bertz CT molecular complexity index is 1880. The summed E-state index contributed by atoms with van der Waals surface area (Å²) in [7, 11) is 0. The van der Waals surface area contributed by atoms with Crippen LogP contribution in [0, 0.1) is 27.7 Å². The van der Waals surface area contributed by atoms with Crippen LogP contribution in [0.3, 0.4) is 0 Å². The van der Waals surface area contributed by atoms with Crippen LogP contribution in [-0.2, 0) is 0 Å². The molecule has 0 N–H and O–H groups in total. The predicted molar refractivity (Wildman–Crippen MR) is 182 cm³/mol. The van der Waals surface area contributed by atoms with Gasteiger partial charge in [-0.2, -0.15) is 0 Å². The molecule has 44 heavy (non-hydrogen) atoms. The second-order valence-corrected chi connectivity index (χ2v) is 10.6. The lowest BCUT2D eigenvalue weighted by atomic mass is 9.98. The number of rotatable bonds is 6. The van der Waals surface area contributed by atoms with E-state index in [9.17, 15) is 9.59 Å². The van der Waals surface area contributed by atoms with Gasteiger partial charge in [-0.1, -0.05) is 109 Å². The molecular weight excluding hydrogens is 540 g/mol. The van der Waals surface area contributed by atoms with Crippen LogP contribution in [-0.4, -0.2) is 21.5 Å². The zero-order valence-electron chi connectivity index (χ0n) is 25.4. The van der Waals surface area contributed by atoms with Gasteiger partial charge in [0.2, 0.25) is 0 Å². The summed E-state index contributed by atoms with van der Waals surface area (Å²) in [6, 6.07) is 35.5. The smallest absolute Gasteiger partial charge is 0.187 e. The van der Waals surface area contributed by atoms with E-state index in [1.54, 1.807) is 12.2 Å². The third kappa shape index (κ3) is 6.77. The van der Waals surface area contributed by atoms with Gasteiger partial charge in [0.05, 0.1) is 11.0 Å². The van der Waals surface area contributed by atoms with E-state index in [-0.39, 0.29) is 11.6 Å². The van der Waals surface area contributed by atoms with Crippen LogP contribution in [0.5, 0.6) is 0 Å². The van der Waals surface area contributed by atoms with Gasteiger partial charge in [-0.05, 0) is 74.2 Å². The number of ketones is 2. The number of carbonyl (C=O) groups excluding carboxylic acids is 2. The highest BCUT2D eigenvalue weighted by Crippen LogP contribution is 2.24. The van der Waals surface area contributed by atoms with Gasteiger partial charge in [-0.3, -0.25) is 19.6 Å². The Balaban J connectivity index is 0.000000175. The summed E-state index contributed by atoms with van der Waals surface area (Å²) in [5.74, 6) is -0.00536. The lowest BCUT2D eigenvalue weighted by molar-refractivity contribution is 0.103. The fourth-order valence-corrected chi connectivity index (χ4v) is 5.43. The van der Waals surface area contributed by atoms with E-state index >= 15 is 0 Å². The highest BCUT2D eigenvalue weighted by Gasteiger charge is 2.15. The van der Waals surface area contributed by atoms with E-state index in [1.807, 2.05) is 149 Å². The van der Waals surface area contributed by atoms with Crippen molar-refractivity contribution >= 4 is 45.5 Å². The largest absolute Gasteiger partial charge is 0.289 e. The summed E-state index contributed by atoms with van der Waals surface area (Å²) in [5.41, 5.74) is 8.83. The second kappa shape index (κ2) is 13.7. The molecule has 0 spiro atoms. The zero-order chi connectivity index (χ0) is 31.1. The van der Waals surface area contributed by atoms with Crippen LogP contribution in [0.4, 0.5) is 0 Å². The van der Waals surface area contributed by atoms with Crippen LogP contribution in [0.15, 0.2) is 121 Å². The Morgan fingerprint density at radius 2 is 0.818 bits per heavy atom. The topological polar surface area (TPSA) is 59.9 Å². The SMILES string of the molecule is Cc1nc2ccccc2c(C)c1C(=O)/C=C/c1ccccc1.Cc1nc2ccccc2c(C)c1C(=O)/C=C/c1ccccc1. The first-order valence-electron chi connectivity index (χ1n) is 14.6. The molecule has 0 aliphatic rings. The highest BCUT2D eigenvalue weighted by molar-refractivity contribution is 6.11. The fourth-order valence-electron chi connectivity index (χ4n) is 5.43. The van der Waals surface area contributed by atoms with Crippen molar-refractivity contribution in [2.24, 2.45) is 0 Å². The monoisotopic (exact) mass is 574 g/mol. The molecule has 0 amide bonds. The molecule has 4 nitrogen and oxygen atoms in total. The van der Waals surface area contributed by atoms with Crippen LogP contribution in [0.1, 0.15) is 54.4 Å². The Morgan fingerprint density at radius 1 is 0.477 bits per heavy atom. The van der Waals surface area contributed by atoms with Crippen molar-refractivity contribution in [2.75, 3.05) is 0 Å². The van der Waals surface area contributed by atoms with E-state index in [0.717, 1.165) is 55.4 Å². The van der Waals surface area contributed by atoms with E-state index < -0.39 is 0 Å². The van der Waals surface area contributed by atoms with E-state index in [1.165, 1.54) is 0 Å². The molecule has 0 radical (unpaired) electrons. The lowest BCUT2D eigenvalue weighted by Gasteiger charge is -2.09. The van der Waals surface area contributed by atoms with Gasteiger partial charge >= 0.3 is 0 Å². The number of nitrogens with zero attached hydrogens (tertiary/aromatic N) is 2. The molecule has 0 bridgehead atoms. The van der Waals surface area contributed by atoms with Crippen LogP contribution >= 0.6 is 0 Å². The normalized spacial score (nSPS) is 11.2. The maximum Gasteiger partial charge on any atom is 0.187 e. The molecule has 0 aliphatic heterocycles. The molecule has 2 heterocycles. The van der Waals surface area contributed by atoms with Crippen LogP contribution < -0.4 is 0 Å². The second-order valence-electron chi connectivity index (χ2n) is 10.6. The Labute approximate surface area is 258 Å². The maximum atomic E-state index is 12.6. The number of allylic oxidation sites excluding steroid dienone is 2. The quantitative estimate of drug-likeness (QED) is 0.147. The van der Waals surface area contributed by atoms with Gasteiger partial charge in [0.25, 0.3) is 0 Å². The summed E-state index contributed by atoms with van der Waals surface area (Å²) in [4.78, 5) is 34.3. The molecule has 0 saturated carbocycles. The molecule has 6 rings (SSSR count). The lowest BCUT2D eigenvalue weighted by Crippen LogP contribution is -2.04. The maximum absolute atomic E-state index is 12.6.